The van der Waals surface area contributed by atoms with Crippen LogP contribution in [0.1, 0.15) is 44.4 Å². The molecular weight excluding hydrogens is 306 g/mol. The third-order valence-corrected chi connectivity index (χ3v) is 4.84. The minimum Gasteiger partial charge on any atom is -0.325 e. The number of para-hydroxylation sites is 1. The summed E-state index contributed by atoms with van der Waals surface area (Å²) in [5, 5.41) is 3.73. The second kappa shape index (κ2) is 8.11. The second-order valence-corrected chi connectivity index (χ2v) is 6.97. The van der Waals surface area contributed by atoms with Crippen LogP contribution in [-0.2, 0) is 4.79 Å². The van der Waals surface area contributed by atoms with Gasteiger partial charge in [-0.25, -0.2) is 9.97 Å². The molecule has 4 nitrogen and oxygen atoms in total. The lowest BCUT2D eigenvalue weighted by Gasteiger charge is -2.17. The summed E-state index contributed by atoms with van der Waals surface area (Å²) in [6.45, 7) is 8.19. The lowest BCUT2D eigenvalue weighted by molar-refractivity contribution is -0.115. The van der Waals surface area contributed by atoms with Gasteiger partial charge in [0, 0.05) is 11.4 Å². The van der Waals surface area contributed by atoms with Crippen molar-refractivity contribution in [2.24, 2.45) is 0 Å². The van der Waals surface area contributed by atoms with Crippen molar-refractivity contribution < 1.29 is 4.79 Å². The average Bonchev–Trinajstić information content (AvgIpc) is 2.53. The molecule has 0 saturated heterocycles. The highest BCUT2D eigenvalue weighted by atomic mass is 32.2. The van der Waals surface area contributed by atoms with Gasteiger partial charge < -0.3 is 5.32 Å². The predicted molar refractivity (Wildman–Crippen MR) is 95.9 cm³/mol. The number of hydrogen-bond donors (Lipinski definition) is 1. The van der Waals surface area contributed by atoms with Crippen molar-refractivity contribution in [1.82, 2.24) is 9.97 Å². The Hall–Kier alpha value is -1.88. The first kappa shape index (κ1) is 17.5. The summed E-state index contributed by atoms with van der Waals surface area (Å²) in [5.41, 5.74) is 2.95. The zero-order chi connectivity index (χ0) is 16.8. The summed E-state index contributed by atoms with van der Waals surface area (Å²) in [7, 11) is 0. The van der Waals surface area contributed by atoms with Crippen molar-refractivity contribution >= 4 is 23.4 Å². The topological polar surface area (TPSA) is 54.9 Å². The summed E-state index contributed by atoms with van der Waals surface area (Å²) in [6.07, 6.45) is 2.28. The Bertz CT molecular complexity index is 673. The smallest absolute Gasteiger partial charge is 0.237 e. The van der Waals surface area contributed by atoms with Crippen LogP contribution in [0.25, 0.3) is 0 Å². The van der Waals surface area contributed by atoms with Gasteiger partial charge in [-0.05, 0) is 37.0 Å². The van der Waals surface area contributed by atoms with Crippen molar-refractivity contribution in [3.05, 3.63) is 47.9 Å². The number of rotatable bonds is 6. The zero-order valence-corrected chi connectivity index (χ0v) is 14.9. The number of benzene rings is 1. The zero-order valence-electron chi connectivity index (χ0n) is 14.0. The standard InChI is InChI=1S/C18H23N3OS/c1-5-16(23-17-10-13(4)19-11-20-17)18(22)21-15-9-7-6-8-14(15)12(2)3/h6-12,16H,5H2,1-4H3,(H,21,22). The largest absolute Gasteiger partial charge is 0.325 e. The third-order valence-electron chi connectivity index (χ3n) is 3.55. The molecule has 0 aliphatic carbocycles. The summed E-state index contributed by atoms with van der Waals surface area (Å²) >= 11 is 1.48. The number of thioether (sulfide) groups is 1. The number of anilines is 1. The molecule has 0 aliphatic rings. The highest BCUT2D eigenvalue weighted by Crippen LogP contribution is 2.27. The third kappa shape index (κ3) is 4.79. The molecule has 0 aliphatic heterocycles. The van der Waals surface area contributed by atoms with E-state index in [0.29, 0.717) is 5.92 Å². The van der Waals surface area contributed by atoms with E-state index in [0.717, 1.165) is 28.4 Å². The summed E-state index contributed by atoms with van der Waals surface area (Å²) in [5.74, 6) is 0.380. The number of nitrogens with one attached hydrogen (secondary N) is 1. The first-order valence-electron chi connectivity index (χ1n) is 7.86. The SMILES string of the molecule is CCC(Sc1cc(C)ncn1)C(=O)Nc1ccccc1C(C)C. The molecule has 23 heavy (non-hydrogen) atoms. The molecule has 1 amide bonds. The Balaban J connectivity index is 2.12. The Labute approximate surface area is 142 Å². The van der Waals surface area contributed by atoms with Crippen molar-refractivity contribution in [1.29, 1.82) is 0 Å². The molecule has 2 rings (SSSR count). The molecule has 1 atom stereocenters. The molecule has 2 aromatic rings. The number of hydrogen-bond acceptors (Lipinski definition) is 4. The van der Waals surface area contributed by atoms with Gasteiger partial charge in [0.25, 0.3) is 0 Å². The van der Waals surface area contributed by atoms with Crippen molar-refractivity contribution in [2.45, 2.75) is 50.3 Å². The molecule has 1 unspecified atom stereocenters. The van der Waals surface area contributed by atoms with E-state index in [4.69, 9.17) is 0 Å². The number of amides is 1. The van der Waals surface area contributed by atoms with Crippen LogP contribution < -0.4 is 5.32 Å². The number of carbonyl (C=O) groups is 1. The van der Waals surface area contributed by atoms with Crippen LogP contribution >= 0.6 is 11.8 Å². The van der Waals surface area contributed by atoms with E-state index in [1.165, 1.54) is 18.1 Å². The van der Waals surface area contributed by atoms with Gasteiger partial charge in [-0.15, -0.1) is 0 Å². The van der Waals surface area contributed by atoms with E-state index in [9.17, 15) is 4.79 Å². The van der Waals surface area contributed by atoms with Crippen LogP contribution in [0.5, 0.6) is 0 Å². The maximum atomic E-state index is 12.6. The minimum atomic E-state index is -0.176. The second-order valence-electron chi connectivity index (χ2n) is 5.74. The van der Waals surface area contributed by atoms with E-state index >= 15 is 0 Å². The molecule has 0 spiro atoms. The monoisotopic (exact) mass is 329 g/mol. The number of aryl methyl sites for hydroxylation is 1. The lowest BCUT2D eigenvalue weighted by Crippen LogP contribution is -2.25. The number of aromatic nitrogens is 2. The predicted octanol–water partition coefficient (Wildman–Crippen LogP) is 4.42. The van der Waals surface area contributed by atoms with Gasteiger partial charge in [-0.1, -0.05) is 50.7 Å². The van der Waals surface area contributed by atoms with Crippen LogP contribution in [-0.4, -0.2) is 21.1 Å². The van der Waals surface area contributed by atoms with Gasteiger partial charge in [0.05, 0.1) is 5.25 Å². The van der Waals surface area contributed by atoms with Crippen LogP contribution in [0, 0.1) is 6.92 Å². The van der Waals surface area contributed by atoms with Gasteiger partial charge in [-0.2, -0.15) is 0 Å². The first-order chi connectivity index (χ1) is 11.0. The van der Waals surface area contributed by atoms with Crippen LogP contribution in [0.15, 0.2) is 41.7 Å². The van der Waals surface area contributed by atoms with E-state index in [2.05, 4.69) is 35.2 Å². The van der Waals surface area contributed by atoms with Crippen LogP contribution in [0.2, 0.25) is 0 Å². The minimum absolute atomic E-state index is 0.0156. The maximum Gasteiger partial charge on any atom is 0.237 e. The molecule has 1 aromatic carbocycles. The Kier molecular flexibility index (Phi) is 6.16. The summed E-state index contributed by atoms with van der Waals surface area (Å²) < 4.78 is 0. The number of nitrogens with zero attached hydrogens (tertiary/aromatic N) is 2. The van der Waals surface area contributed by atoms with Gasteiger partial charge in [0.2, 0.25) is 5.91 Å². The normalized spacial score (nSPS) is 12.2. The lowest BCUT2D eigenvalue weighted by atomic mass is 10.0. The van der Waals surface area contributed by atoms with Gasteiger partial charge in [-0.3, -0.25) is 4.79 Å². The fourth-order valence-corrected chi connectivity index (χ4v) is 3.26. The van der Waals surface area contributed by atoms with Crippen molar-refractivity contribution in [2.75, 3.05) is 5.32 Å². The van der Waals surface area contributed by atoms with Crippen molar-refractivity contribution in [3.8, 4) is 0 Å². The summed E-state index contributed by atoms with van der Waals surface area (Å²) in [6, 6.07) is 9.87. The highest BCUT2D eigenvalue weighted by molar-refractivity contribution is 8.00. The molecule has 5 heteroatoms. The molecule has 1 heterocycles. The molecule has 0 saturated carbocycles. The quantitative estimate of drug-likeness (QED) is 0.630. The van der Waals surface area contributed by atoms with Gasteiger partial charge in [0.15, 0.2) is 0 Å². The fourth-order valence-electron chi connectivity index (χ4n) is 2.29. The number of carbonyl (C=O) groups excluding carboxylic acids is 1. The fraction of sp³-hybridized carbons (Fsp3) is 0.389. The molecular formula is C18H23N3OS. The molecule has 122 valence electrons. The first-order valence-corrected chi connectivity index (χ1v) is 8.74. The Morgan fingerprint density at radius 1 is 1.26 bits per heavy atom. The molecule has 1 N–H and O–H groups in total. The van der Waals surface area contributed by atoms with Crippen LogP contribution in [0.3, 0.4) is 0 Å². The van der Waals surface area contributed by atoms with E-state index in [1.807, 2.05) is 38.1 Å². The van der Waals surface area contributed by atoms with E-state index in [1.54, 1.807) is 0 Å². The van der Waals surface area contributed by atoms with Crippen LogP contribution in [0.4, 0.5) is 5.69 Å². The summed E-state index contributed by atoms with van der Waals surface area (Å²) in [4.78, 5) is 21.0. The van der Waals surface area contributed by atoms with Gasteiger partial charge >= 0.3 is 0 Å². The molecule has 0 fully saturated rings. The Morgan fingerprint density at radius 3 is 2.65 bits per heavy atom. The Morgan fingerprint density at radius 2 is 2.00 bits per heavy atom. The van der Waals surface area contributed by atoms with Gasteiger partial charge in [0.1, 0.15) is 11.4 Å². The molecule has 0 radical (unpaired) electrons. The maximum absolute atomic E-state index is 12.6. The van der Waals surface area contributed by atoms with Crippen molar-refractivity contribution in [3.63, 3.8) is 0 Å². The highest BCUT2D eigenvalue weighted by Gasteiger charge is 2.20. The molecule has 1 aromatic heterocycles. The van der Waals surface area contributed by atoms with E-state index in [-0.39, 0.29) is 11.2 Å². The van der Waals surface area contributed by atoms with E-state index < -0.39 is 0 Å². The molecule has 0 bridgehead atoms. The average molecular weight is 329 g/mol.